The first-order valence-electron chi connectivity index (χ1n) is 7.83. The minimum absolute atomic E-state index is 0.0831. The molecule has 1 saturated heterocycles. The molecule has 3 rings (SSSR count). The van der Waals surface area contributed by atoms with Gasteiger partial charge in [0.2, 0.25) is 10.0 Å². The van der Waals surface area contributed by atoms with Crippen molar-refractivity contribution in [2.75, 3.05) is 20.1 Å². The molecule has 0 aliphatic carbocycles. The second-order valence-corrected chi connectivity index (χ2v) is 7.65. The summed E-state index contributed by atoms with van der Waals surface area (Å²) in [6.07, 6.45) is 5.56. The number of sulfonamides is 1. The van der Waals surface area contributed by atoms with Gasteiger partial charge in [0.05, 0.1) is 10.9 Å². The number of nitrogens with one attached hydrogen (secondary N) is 1. The summed E-state index contributed by atoms with van der Waals surface area (Å²) >= 11 is 0. The number of rotatable bonds is 4. The molecule has 24 heavy (non-hydrogen) atoms. The predicted molar refractivity (Wildman–Crippen MR) is 89.1 cm³/mol. The zero-order valence-electron chi connectivity index (χ0n) is 13.4. The normalized spacial score (nSPS) is 18.5. The average Bonchev–Trinajstić information content (AvgIpc) is 3.16. The Labute approximate surface area is 141 Å². The number of hydrogen-bond acceptors (Lipinski definition) is 4. The molecule has 1 amide bonds. The molecule has 0 spiro atoms. The summed E-state index contributed by atoms with van der Waals surface area (Å²) in [4.78, 5) is 14.6. The number of likely N-dealkylation sites (tertiary alicyclic amines) is 1. The lowest BCUT2D eigenvalue weighted by atomic mass is 10.0. The minimum Gasteiger partial charge on any atom is -0.337 e. The van der Waals surface area contributed by atoms with Crippen molar-refractivity contribution in [1.29, 1.82) is 0 Å². The average molecular weight is 348 g/mol. The van der Waals surface area contributed by atoms with E-state index in [1.807, 2.05) is 16.9 Å². The van der Waals surface area contributed by atoms with Crippen LogP contribution in [0, 0.1) is 0 Å². The summed E-state index contributed by atoms with van der Waals surface area (Å²) in [5.74, 6) is -0.0831. The van der Waals surface area contributed by atoms with Crippen LogP contribution in [0.3, 0.4) is 0 Å². The summed E-state index contributed by atoms with van der Waals surface area (Å²) in [6, 6.07) is 8.08. The number of amides is 1. The number of nitrogens with zero attached hydrogens (tertiary/aromatic N) is 3. The van der Waals surface area contributed by atoms with Crippen molar-refractivity contribution in [3.05, 3.63) is 48.3 Å². The van der Waals surface area contributed by atoms with Gasteiger partial charge in [-0.15, -0.1) is 0 Å². The number of hydrogen-bond donors (Lipinski definition) is 1. The van der Waals surface area contributed by atoms with E-state index < -0.39 is 10.0 Å². The predicted octanol–water partition coefficient (Wildman–Crippen LogP) is 1.27. The van der Waals surface area contributed by atoms with Crippen LogP contribution in [0.1, 0.15) is 29.2 Å². The SMILES string of the molecule is CNS(=O)(=O)c1ccc(C(=O)N2CCC[C@H](n3cccn3)C2)cc1. The van der Waals surface area contributed by atoms with Crippen molar-refractivity contribution in [3.8, 4) is 0 Å². The lowest BCUT2D eigenvalue weighted by molar-refractivity contribution is 0.0673. The van der Waals surface area contributed by atoms with E-state index in [1.54, 1.807) is 23.2 Å². The van der Waals surface area contributed by atoms with Crippen LogP contribution in [0.25, 0.3) is 0 Å². The lowest BCUT2D eigenvalue weighted by Crippen LogP contribution is -2.40. The summed E-state index contributed by atoms with van der Waals surface area (Å²) in [6.45, 7) is 1.31. The Balaban J connectivity index is 1.74. The molecule has 1 aromatic carbocycles. The molecule has 0 unspecified atom stereocenters. The van der Waals surface area contributed by atoms with Gasteiger partial charge in [0, 0.05) is 31.0 Å². The molecule has 2 heterocycles. The van der Waals surface area contributed by atoms with Crippen molar-refractivity contribution in [2.45, 2.75) is 23.8 Å². The quantitative estimate of drug-likeness (QED) is 0.902. The molecule has 1 aromatic heterocycles. The van der Waals surface area contributed by atoms with Crippen molar-refractivity contribution >= 4 is 15.9 Å². The van der Waals surface area contributed by atoms with Crippen LogP contribution in [0.4, 0.5) is 0 Å². The Hall–Kier alpha value is -2.19. The zero-order valence-corrected chi connectivity index (χ0v) is 14.2. The molecule has 1 atom stereocenters. The van der Waals surface area contributed by atoms with Crippen LogP contribution < -0.4 is 4.72 Å². The third kappa shape index (κ3) is 3.34. The van der Waals surface area contributed by atoms with Crippen LogP contribution in [0.2, 0.25) is 0 Å². The number of piperidine rings is 1. The van der Waals surface area contributed by atoms with Gasteiger partial charge in [-0.1, -0.05) is 0 Å². The Kier molecular flexibility index (Phi) is 4.68. The van der Waals surface area contributed by atoms with Crippen LogP contribution >= 0.6 is 0 Å². The van der Waals surface area contributed by atoms with Crippen molar-refractivity contribution in [1.82, 2.24) is 19.4 Å². The third-order valence-corrected chi connectivity index (χ3v) is 5.69. The van der Waals surface area contributed by atoms with Crippen molar-refractivity contribution in [2.24, 2.45) is 0 Å². The summed E-state index contributed by atoms with van der Waals surface area (Å²) < 4.78 is 27.6. The molecular weight excluding hydrogens is 328 g/mol. The standard InChI is InChI=1S/C16H20N4O3S/c1-17-24(22,23)15-7-5-13(6-8-15)16(21)19-10-2-4-14(12-19)20-11-3-9-18-20/h3,5-9,11,14,17H,2,4,10,12H2,1H3/t14-/m0/s1. The van der Waals surface area contributed by atoms with E-state index in [-0.39, 0.29) is 16.8 Å². The zero-order chi connectivity index (χ0) is 17.2. The first-order chi connectivity index (χ1) is 11.5. The Morgan fingerprint density at radius 2 is 2.04 bits per heavy atom. The number of carbonyl (C=O) groups excluding carboxylic acids is 1. The molecule has 128 valence electrons. The van der Waals surface area contributed by atoms with Gasteiger partial charge in [0.1, 0.15) is 0 Å². The van der Waals surface area contributed by atoms with E-state index in [0.717, 1.165) is 12.8 Å². The van der Waals surface area contributed by atoms with Crippen molar-refractivity contribution < 1.29 is 13.2 Å². The van der Waals surface area contributed by atoms with E-state index in [2.05, 4.69) is 9.82 Å². The first-order valence-corrected chi connectivity index (χ1v) is 9.31. The highest BCUT2D eigenvalue weighted by Crippen LogP contribution is 2.22. The van der Waals surface area contributed by atoms with Gasteiger partial charge in [0.15, 0.2) is 0 Å². The second kappa shape index (κ2) is 6.74. The summed E-state index contributed by atoms with van der Waals surface area (Å²) in [5, 5.41) is 4.26. The van der Waals surface area contributed by atoms with E-state index in [1.165, 1.54) is 19.2 Å². The molecule has 1 aliphatic rings. The maximum absolute atomic E-state index is 12.7. The molecule has 7 nitrogen and oxygen atoms in total. The first kappa shape index (κ1) is 16.7. The fourth-order valence-electron chi connectivity index (χ4n) is 2.93. The fraction of sp³-hybridized carbons (Fsp3) is 0.375. The Morgan fingerprint density at radius 3 is 2.67 bits per heavy atom. The van der Waals surface area contributed by atoms with Gasteiger partial charge in [-0.05, 0) is 50.2 Å². The monoisotopic (exact) mass is 348 g/mol. The highest BCUT2D eigenvalue weighted by atomic mass is 32.2. The van der Waals surface area contributed by atoms with E-state index in [4.69, 9.17) is 0 Å². The van der Waals surface area contributed by atoms with E-state index >= 15 is 0 Å². The number of benzene rings is 1. The summed E-state index contributed by atoms with van der Waals surface area (Å²) in [7, 11) is -2.13. The van der Waals surface area contributed by atoms with Crippen LogP contribution in [-0.2, 0) is 10.0 Å². The van der Waals surface area contributed by atoms with Gasteiger partial charge in [-0.2, -0.15) is 5.10 Å². The van der Waals surface area contributed by atoms with Gasteiger partial charge in [0.25, 0.3) is 5.91 Å². The Morgan fingerprint density at radius 1 is 1.29 bits per heavy atom. The minimum atomic E-state index is -3.49. The van der Waals surface area contributed by atoms with Gasteiger partial charge < -0.3 is 4.90 Å². The van der Waals surface area contributed by atoms with Crippen molar-refractivity contribution in [3.63, 3.8) is 0 Å². The van der Waals surface area contributed by atoms with Gasteiger partial charge in [-0.25, -0.2) is 13.1 Å². The van der Waals surface area contributed by atoms with Crippen LogP contribution in [0.15, 0.2) is 47.6 Å². The summed E-state index contributed by atoms with van der Waals surface area (Å²) in [5.41, 5.74) is 0.492. The van der Waals surface area contributed by atoms with Crippen LogP contribution in [0.5, 0.6) is 0 Å². The van der Waals surface area contributed by atoms with Crippen LogP contribution in [-0.4, -0.2) is 49.1 Å². The number of aromatic nitrogens is 2. The van der Waals surface area contributed by atoms with E-state index in [0.29, 0.717) is 18.7 Å². The maximum Gasteiger partial charge on any atom is 0.253 e. The molecule has 1 aliphatic heterocycles. The molecule has 1 N–H and O–H groups in total. The van der Waals surface area contributed by atoms with Gasteiger partial charge in [-0.3, -0.25) is 9.48 Å². The largest absolute Gasteiger partial charge is 0.337 e. The number of carbonyl (C=O) groups is 1. The second-order valence-electron chi connectivity index (χ2n) is 5.77. The van der Waals surface area contributed by atoms with Gasteiger partial charge >= 0.3 is 0 Å². The molecule has 1 fully saturated rings. The molecular formula is C16H20N4O3S. The Bertz CT molecular complexity index is 800. The molecule has 8 heteroatoms. The highest BCUT2D eigenvalue weighted by molar-refractivity contribution is 7.89. The molecule has 0 bridgehead atoms. The fourth-order valence-corrected chi connectivity index (χ4v) is 3.66. The molecule has 0 saturated carbocycles. The lowest BCUT2D eigenvalue weighted by Gasteiger charge is -2.33. The molecule has 2 aromatic rings. The highest BCUT2D eigenvalue weighted by Gasteiger charge is 2.26. The van der Waals surface area contributed by atoms with E-state index in [9.17, 15) is 13.2 Å². The maximum atomic E-state index is 12.7. The molecule has 0 radical (unpaired) electrons. The third-order valence-electron chi connectivity index (χ3n) is 4.26. The topological polar surface area (TPSA) is 84.3 Å². The smallest absolute Gasteiger partial charge is 0.253 e.